The summed E-state index contributed by atoms with van der Waals surface area (Å²) in [6.07, 6.45) is 3.28. The van der Waals surface area contributed by atoms with Crippen molar-refractivity contribution in [1.82, 2.24) is 14.5 Å². The van der Waals surface area contributed by atoms with Crippen LogP contribution >= 0.6 is 0 Å². The quantitative estimate of drug-likeness (QED) is 0.823. The lowest BCUT2D eigenvalue weighted by Gasteiger charge is -2.27. The Hall–Kier alpha value is -1.65. The highest BCUT2D eigenvalue weighted by atomic mass is 16.2. The maximum atomic E-state index is 12.4. The van der Waals surface area contributed by atoms with E-state index in [1.807, 2.05) is 0 Å². The minimum Gasteiger partial charge on any atom is -0.337 e. The number of amides is 1. The normalized spacial score (nSPS) is 16.1. The number of rotatable bonds is 3. The van der Waals surface area contributed by atoms with Gasteiger partial charge in [0.15, 0.2) is 0 Å². The molecular weight excluding hydrogens is 242 g/mol. The first-order valence-corrected chi connectivity index (χ1v) is 6.85. The van der Waals surface area contributed by atoms with Crippen LogP contribution in [0, 0.1) is 5.92 Å². The zero-order valence-electron chi connectivity index (χ0n) is 11.8. The second-order valence-electron chi connectivity index (χ2n) is 5.33. The summed E-state index contributed by atoms with van der Waals surface area (Å²) in [5.41, 5.74) is 1.60. The second-order valence-corrected chi connectivity index (χ2v) is 5.33. The molecule has 1 atom stereocenters. The molecule has 1 amide bonds. The third kappa shape index (κ3) is 2.85. The van der Waals surface area contributed by atoms with Gasteiger partial charge in [-0.2, -0.15) is 0 Å². The van der Waals surface area contributed by atoms with Crippen LogP contribution in [-0.2, 0) is 24.3 Å². The van der Waals surface area contributed by atoms with E-state index in [2.05, 4.69) is 18.8 Å². The molecule has 0 unspecified atom stereocenters. The van der Waals surface area contributed by atoms with Gasteiger partial charge in [0.25, 0.3) is 5.56 Å². The van der Waals surface area contributed by atoms with E-state index in [0.717, 1.165) is 17.7 Å². The molecule has 0 aliphatic carbocycles. The van der Waals surface area contributed by atoms with Crippen molar-refractivity contribution in [2.45, 2.75) is 46.7 Å². The molecule has 0 saturated carbocycles. The lowest BCUT2D eigenvalue weighted by molar-refractivity contribution is -0.129. The number of carbonyl (C=O) groups excluding carboxylic acids is 1. The van der Waals surface area contributed by atoms with Crippen molar-refractivity contribution in [2.75, 3.05) is 6.54 Å². The molecule has 0 saturated heterocycles. The van der Waals surface area contributed by atoms with Crippen LogP contribution in [0.5, 0.6) is 0 Å². The lowest BCUT2D eigenvalue weighted by Crippen LogP contribution is -2.39. The van der Waals surface area contributed by atoms with Crippen LogP contribution in [0.25, 0.3) is 0 Å². The molecule has 0 bridgehead atoms. The van der Waals surface area contributed by atoms with E-state index in [9.17, 15) is 9.59 Å². The van der Waals surface area contributed by atoms with E-state index in [4.69, 9.17) is 0 Å². The van der Waals surface area contributed by atoms with Crippen LogP contribution in [0.3, 0.4) is 0 Å². The number of fused-ring (bicyclic) bond motifs is 1. The molecule has 0 N–H and O–H groups in total. The van der Waals surface area contributed by atoms with E-state index in [0.29, 0.717) is 32.0 Å². The van der Waals surface area contributed by atoms with E-state index in [-0.39, 0.29) is 11.5 Å². The SMILES string of the molecule is CC[C@H](C)Cn1cnc2c(c1=O)CCN(C(C)=O)C2. The summed E-state index contributed by atoms with van der Waals surface area (Å²) in [5, 5.41) is 0. The number of hydrogen-bond donors (Lipinski definition) is 0. The predicted octanol–water partition coefficient (Wildman–Crippen LogP) is 1.19. The molecule has 2 rings (SSSR count). The Labute approximate surface area is 113 Å². The highest BCUT2D eigenvalue weighted by molar-refractivity contribution is 5.73. The van der Waals surface area contributed by atoms with Gasteiger partial charge in [-0.1, -0.05) is 20.3 Å². The fourth-order valence-electron chi connectivity index (χ4n) is 2.32. The Balaban J connectivity index is 2.27. The van der Waals surface area contributed by atoms with Crippen LogP contribution in [0.4, 0.5) is 0 Å². The topological polar surface area (TPSA) is 55.2 Å². The smallest absolute Gasteiger partial charge is 0.256 e. The van der Waals surface area contributed by atoms with Crippen molar-refractivity contribution in [3.63, 3.8) is 0 Å². The molecule has 19 heavy (non-hydrogen) atoms. The van der Waals surface area contributed by atoms with Gasteiger partial charge in [-0.15, -0.1) is 0 Å². The largest absolute Gasteiger partial charge is 0.337 e. The number of hydrogen-bond acceptors (Lipinski definition) is 3. The number of nitrogens with zero attached hydrogens (tertiary/aromatic N) is 3. The average Bonchev–Trinajstić information content (AvgIpc) is 2.41. The maximum absolute atomic E-state index is 12.4. The van der Waals surface area contributed by atoms with Crippen molar-refractivity contribution in [1.29, 1.82) is 0 Å². The Kier molecular flexibility index (Phi) is 4.02. The number of aromatic nitrogens is 2. The molecule has 1 aromatic rings. The standard InChI is InChI=1S/C14H21N3O2/c1-4-10(2)7-17-9-15-13-8-16(11(3)18)6-5-12(13)14(17)19/h9-10H,4-8H2,1-3H3/t10-/m0/s1. The van der Waals surface area contributed by atoms with Crippen molar-refractivity contribution in [3.05, 3.63) is 27.9 Å². The first-order valence-electron chi connectivity index (χ1n) is 6.85. The van der Waals surface area contributed by atoms with Crippen LogP contribution in [0.2, 0.25) is 0 Å². The van der Waals surface area contributed by atoms with Gasteiger partial charge in [-0.05, 0) is 12.3 Å². The predicted molar refractivity (Wildman–Crippen MR) is 72.7 cm³/mol. The number of carbonyl (C=O) groups is 1. The molecule has 5 nitrogen and oxygen atoms in total. The maximum Gasteiger partial charge on any atom is 0.256 e. The van der Waals surface area contributed by atoms with Gasteiger partial charge in [0.1, 0.15) is 0 Å². The van der Waals surface area contributed by atoms with Crippen molar-refractivity contribution in [3.8, 4) is 0 Å². The van der Waals surface area contributed by atoms with Crippen LogP contribution in [-0.4, -0.2) is 26.9 Å². The van der Waals surface area contributed by atoms with E-state index < -0.39 is 0 Å². The molecule has 0 aromatic carbocycles. The highest BCUT2D eigenvalue weighted by Crippen LogP contribution is 2.14. The summed E-state index contributed by atoms with van der Waals surface area (Å²) in [6, 6.07) is 0. The molecular formula is C14H21N3O2. The van der Waals surface area contributed by atoms with Crippen molar-refractivity contribution < 1.29 is 4.79 Å². The Morgan fingerprint density at radius 2 is 2.26 bits per heavy atom. The zero-order chi connectivity index (χ0) is 14.0. The average molecular weight is 263 g/mol. The zero-order valence-corrected chi connectivity index (χ0v) is 11.8. The second kappa shape index (κ2) is 5.55. The summed E-state index contributed by atoms with van der Waals surface area (Å²) in [5.74, 6) is 0.506. The first kappa shape index (κ1) is 13.8. The summed E-state index contributed by atoms with van der Waals surface area (Å²) in [4.78, 5) is 29.8. The van der Waals surface area contributed by atoms with Gasteiger partial charge in [0.2, 0.25) is 5.91 Å². The molecule has 0 fully saturated rings. The molecule has 104 valence electrons. The minimum atomic E-state index is 0.0382. The minimum absolute atomic E-state index is 0.0382. The van der Waals surface area contributed by atoms with Gasteiger partial charge in [0.05, 0.1) is 18.6 Å². The summed E-state index contributed by atoms with van der Waals surface area (Å²) in [7, 11) is 0. The summed E-state index contributed by atoms with van der Waals surface area (Å²) >= 11 is 0. The first-order chi connectivity index (χ1) is 9.02. The van der Waals surface area contributed by atoms with Gasteiger partial charge < -0.3 is 4.90 Å². The molecule has 2 heterocycles. The molecule has 1 aromatic heterocycles. The van der Waals surface area contributed by atoms with Crippen LogP contribution < -0.4 is 5.56 Å². The lowest BCUT2D eigenvalue weighted by atomic mass is 10.1. The van der Waals surface area contributed by atoms with Crippen LogP contribution in [0.1, 0.15) is 38.4 Å². The van der Waals surface area contributed by atoms with E-state index in [1.165, 1.54) is 0 Å². The fourth-order valence-corrected chi connectivity index (χ4v) is 2.32. The molecule has 0 spiro atoms. The van der Waals surface area contributed by atoms with Crippen molar-refractivity contribution in [2.24, 2.45) is 5.92 Å². The fraction of sp³-hybridized carbons (Fsp3) is 0.643. The van der Waals surface area contributed by atoms with Crippen molar-refractivity contribution >= 4 is 5.91 Å². The summed E-state index contributed by atoms with van der Waals surface area (Å²) < 4.78 is 1.70. The summed E-state index contributed by atoms with van der Waals surface area (Å²) in [6.45, 7) is 7.59. The Morgan fingerprint density at radius 3 is 2.89 bits per heavy atom. The monoisotopic (exact) mass is 263 g/mol. The molecule has 1 aliphatic rings. The van der Waals surface area contributed by atoms with Gasteiger partial charge >= 0.3 is 0 Å². The van der Waals surface area contributed by atoms with E-state index in [1.54, 1.807) is 22.7 Å². The van der Waals surface area contributed by atoms with Gasteiger partial charge in [-0.3, -0.25) is 14.2 Å². The highest BCUT2D eigenvalue weighted by Gasteiger charge is 2.22. The molecule has 5 heteroatoms. The van der Waals surface area contributed by atoms with E-state index >= 15 is 0 Å². The van der Waals surface area contributed by atoms with Gasteiger partial charge in [0, 0.05) is 25.6 Å². The Bertz CT molecular complexity index is 536. The third-order valence-electron chi connectivity index (χ3n) is 3.84. The molecule has 1 aliphatic heterocycles. The Morgan fingerprint density at radius 1 is 1.53 bits per heavy atom. The van der Waals surface area contributed by atoms with Crippen LogP contribution in [0.15, 0.2) is 11.1 Å². The molecule has 0 radical (unpaired) electrons. The van der Waals surface area contributed by atoms with Gasteiger partial charge in [-0.25, -0.2) is 4.98 Å². The third-order valence-corrected chi connectivity index (χ3v) is 3.84.